The van der Waals surface area contributed by atoms with Crippen molar-refractivity contribution >= 4 is 5.82 Å². The van der Waals surface area contributed by atoms with E-state index in [2.05, 4.69) is 58.3 Å². The molecule has 0 aliphatic heterocycles. The van der Waals surface area contributed by atoms with Gasteiger partial charge in [0, 0.05) is 32.0 Å². The lowest BCUT2D eigenvalue weighted by Gasteiger charge is -2.20. The minimum Gasteiger partial charge on any atom is -0.370 e. The lowest BCUT2D eigenvalue weighted by molar-refractivity contribution is 0.268. The molecule has 0 saturated carbocycles. The zero-order valence-electron chi connectivity index (χ0n) is 12.2. The van der Waals surface area contributed by atoms with Crippen LogP contribution in [0.4, 0.5) is 5.82 Å². The average Bonchev–Trinajstić information content (AvgIpc) is 2.48. The molecule has 4 nitrogen and oxygen atoms in total. The van der Waals surface area contributed by atoms with Gasteiger partial charge in [0.1, 0.15) is 5.82 Å². The maximum atomic E-state index is 4.63. The number of aromatic nitrogens is 2. The van der Waals surface area contributed by atoms with E-state index in [0.717, 1.165) is 37.7 Å². The Morgan fingerprint density at radius 2 is 1.85 bits per heavy atom. The summed E-state index contributed by atoms with van der Waals surface area (Å²) >= 11 is 0. The maximum Gasteiger partial charge on any atom is 0.126 e. The topological polar surface area (TPSA) is 41.0 Å². The van der Waals surface area contributed by atoms with E-state index in [1.165, 1.54) is 5.56 Å². The van der Waals surface area contributed by atoms with E-state index < -0.39 is 0 Å². The first-order valence-corrected chi connectivity index (χ1v) is 7.13. The van der Waals surface area contributed by atoms with Gasteiger partial charge in [-0.1, -0.05) is 13.0 Å². The molecule has 20 heavy (non-hydrogen) atoms. The van der Waals surface area contributed by atoms with Gasteiger partial charge in [0.05, 0.1) is 5.69 Å². The summed E-state index contributed by atoms with van der Waals surface area (Å²) in [6.45, 7) is 7.93. The fraction of sp³-hybridized carbons (Fsp3) is 0.375. The molecule has 1 N–H and O–H groups in total. The van der Waals surface area contributed by atoms with Crippen molar-refractivity contribution in [3.05, 3.63) is 54.0 Å². The third-order valence-corrected chi connectivity index (χ3v) is 3.15. The third kappa shape index (κ3) is 4.31. The van der Waals surface area contributed by atoms with E-state index in [0.29, 0.717) is 0 Å². The summed E-state index contributed by atoms with van der Waals surface area (Å²) in [5.74, 6) is 0.949. The molecule has 0 spiro atoms. The summed E-state index contributed by atoms with van der Waals surface area (Å²) in [6.07, 6.45) is 3.68. The lowest BCUT2D eigenvalue weighted by Crippen LogP contribution is -2.23. The Morgan fingerprint density at radius 1 is 1.05 bits per heavy atom. The van der Waals surface area contributed by atoms with E-state index >= 15 is 0 Å². The van der Waals surface area contributed by atoms with Crippen LogP contribution in [0.25, 0.3) is 0 Å². The standard InChI is InChI=1S/C16H22N4/c1-3-18-16-7-5-6-15(19-16)13-20(4-2)12-14-8-10-17-11-9-14/h5-11H,3-4,12-13H2,1-2H3,(H,18,19). The summed E-state index contributed by atoms with van der Waals surface area (Å²) in [5.41, 5.74) is 2.38. The molecule has 0 fully saturated rings. The van der Waals surface area contributed by atoms with Gasteiger partial charge >= 0.3 is 0 Å². The molecule has 0 saturated heterocycles. The molecule has 0 radical (unpaired) electrons. The molecule has 0 aliphatic carbocycles. The second-order valence-corrected chi connectivity index (χ2v) is 4.70. The van der Waals surface area contributed by atoms with Crippen LogP contribution in [0.1, 0.15) is 25.1 Å². The lowest BCUT2D eigenvalue weighted by atomic mass is 10.2. The summed E-state index contributed by atoms with van der Waals surface area (Å²) in [5, 5.41) is 3.25. The molecule has 0 unspecified atom stereocenters. The summed E-state index contributed by atoms with van der Waals surface area (Å²) < 4.78 is 0. The van der Waals surface area contributed by atoms with Gasteiger partial charge < -0.3 is 5.32 Å². The maximum absolute atomic E-state index is 4.63. The first-order valence-electron chi connectivity index (χ1n) is 7.13. The largest absolute Gasteiger partial charge is 0.370 e. The highest BCUT2D eigenvalue weighted by Gasteiger charge is 2.06. The Bertz CT molecular complexity index is 513. The highest BCUT2D eigenvalue weighted by Crippen LogP contribution is 2.10. The monoisotopic (exact) mass is 270 g/mol. The molecule has 0 atom stereocenters. The minimum atomic E-state index is 0.859. The highest BCUT2D eigenvalue weighted by molar-refractivity contribution is 5.35. The van der Waals surface area contributed by atoms with Crippen LogP contribution in [0.2, 0.25) is 0 Å². The number of nitrogens with zero attached hydrogens (tertiary/aromatic N) is 3. The van der Waals surface area contributed by atoms with Crippen LogP contribution in [-0.4, -0.2) is 28.0 Å². The van der Waals surface area contributed by atoms with Crippen molar-refractivity contribution in [3.63, 3.8) is 0 Å². The summed E-state index contributed by atoms with van der Waals surface area (Å²) in [7, 11) is 0. The van der Waals surface area contributed by atoms with Gasteiger partial charge in [-0.05, 0) is 43.3 Å². The normalized spacial score (nSPS) is 10.8. The fourth-order valence-corrected chi connectivity index (χ4v) is 2.10. The Labute approximate surface area is 120 Å². The molecule has 2 heterocycles. The Balaban J connectivity index is 2.00. The number of anilines is 1. The molecular formula is C16H22N4. The van der Waals surface area contributed by atoms with Gasteiger partial charge in [-0.15, -0.1) is 0 Å². The first kappa shape index (κ1) is 14.5. The summed E-state index contributed by atoms with van der Waals surface area (Å²) in [4.78, 5) is 11.1. The molecule has 0 aliphatic rings. The summed E-state index contributed by atoms with van der Waals surface area (Å²) in [6, 6.07) is 10.3. The smallest absolute Gasteiger partial charge is 0.126 e. The highest BCUT2D eigenvalue weighted by atomic mass is 15.1. The molecule has 0 bridgehead atoms. The van der Waals surface area contributed by atoms with Crippen LogP contribution in [0, 0.1) is 0 Å². The number of hydrogen-bond donors (Lipinski definition) is 1. The fourth-order valence-electron chi connectivity index (χ4n) is 2.10. The molecule has 2 rings (SSSR count). The number of pyridine rings is 2. The van der Waals surface area contributed by atoms with E-state index in [1.54, 1.807) is 0 Å². The Morgan fingerprint density at radius 3 is 2.55 bits per heavy atom. The van der Waals surface area contributed by atoms with Gasteiger partial charge in [-0.25, -0.2) is 4.98 Å². The van der Waals surface area contributed by atoms with Crippen molar-refractivity contribution in [3.8, 4) is 0 Å². The van der Waals surface area contributed by atoms with Crippen LogP contribution in [0.5, 0.6) is 0 Å². The van der Waals surface area contributed by atoms with Crippen molar-refractivity contribution in [2.45, 2.75) is 26.9 Å². The zero-order chi connectivity index (χ0) is 14.2. The van der Waals surface area contributed by atoms with Crippen LogP contribution in [-0.2, 0) is 13.1 Å². The van der Waals surface area contributed by atoms with Crippen LogP contribution in [0.15, 0.2) is 42.7 Å². The van der Waals surface area contributed by atoms with Crippen molar-refractivity contribution in [2.75, 3.05) is 18.4 Å². The van der Waals surface area contributed by atoms with E-state index in [9.17, 15) is 0 Å². The second-order valence-electron chi connectivity index (χ2n) is 4.70. The molecule has 0 amide bonds. The van der Waals surface area contributed by atoms with Crippen molar-refractivity contribution in [1.29, 1.82) is 0 Å². The SMILES string of the molecule is CCNc1cccc(CN(CC)Cc2ccncc2)n1. The van der Waals surface area contributed by atoms with Gasteiger partial charge in [0.15, 0.2) is 0 Å². The van der Waals surface area contributed by atoms with Crippen LogP contribution in [0.3, 0.4) is 0 Å². The van der Waals surface area contributed by atoms with Crippen LogP contribution < -0.4 is 5.32 Å². The molecule has 106 valence electrons. The minimum absolute atomic E-state index is 0.859. The Kier molecular flexibility index (Phi) is 5.50. The van der Waals surface area contributed by atoms with Gasteiger partial charge in [0.2, 0.25) is 0 Å². The molecule has 4 heteroatoms. The quantitative estimate of drug-likeness (QED) is 0.840. The van der Waals surface area contributed by atoms with Crippen molar-refractivity contribution in [1.82, 2.24) is 14.9 Å². The predicted octanol–water partition coefficient (Wildman–Crippen LogP) is 2.93. The van der Waals surface area contributed by atoms with Gasteiger partial charge in [-0.3, -0.25) is 9.88 Å². The van der Waals surface area contributed by atoms with Gasteiger partial charge in [0.25, 0.3) is 0 Å². The molecule has 2 aromatic heterocycles. The average molecular weight is 270 g/mol. The van der Waals surface area contributed by atoms with E-state index in [4.69, 9.17) is 0 Å². The van der Waals surface area contributed by atoms with Crippen LogP contribution >= 0.6 is 0 Å². The van der Waals surface area contributed by atoms with E-state index in [-0.39, 0.29) is 0 Å². The van der Waals surface area contributed by atoms with Gasteiger partial charge in [-0.2, -0.15) is 0 Å². The molecule has 0 aromatic carbocycles. The molecular weight excluding hydrogens is 248 g/mol. The van der Waals surface area contributed by atoms with Crippen molar-refractivity contribution < 1.29 is 0 Å². The van der Waals surface area contributed by atoms with E-state index in [1.807, 2.05) is 18.5 Å². The second kappa shape index (κ2) is 7.60. The number of nitrogens with one attached hydrogen (secondary N) is 1. The molecule has 2 aromatic rings. The zero-order valence-corrected chi connectivity index (χ0v) is 12.2. The van der Waals surface area contributed by atoms with Crippen molar-refractivity contribution in [2.24, 2.45) is 0 Å². The Hall–Kier alpha value is -1.94. The number of hydrogen-bond acceptors (Lipinski definition) is 4. The number of rotatable bonds is 7. The predicted molar refractivity (Wildman–Crippen MR) is 82.4 cm³/mol. The first-order chi connectivity index (χ1) is 9.81. The third-order valence-electron chi connectivity index (χ3n) is 3.15.